The van der Waals surface area contributed by atoms with Gasteiger partial charge in [0, 0.05) is 22.4 Å². The minimum Gasteiger partial charge on any atom is -0.460 e. The van der Waals surface area contributed by atoms with E-state index in [1.54, 1.807) is 0 Å². The van der Waals surface area contributed by atoms with Crippen molar-refractivity contribution in [2.75, 3.05) is 0 Å². The average molecular weight is 397 g/mol. The van der Waals surface area contributed by atoms with E-state index < -0.39 is 0 Å². The molecule has 4 aromatic rings. The number of hydrogen-bond acceptors (Lipinski definition) is 2. The number of furan rings is 2. The zero-order chi connectivity index (χ0) is 20.3. The second-order valence-electron chi connectivity index (χ2n) is 9.35. The summed E-state index contributed by atoms with van der Waals surface area (Å²) in [7, 11) is 0. The molecule has 0 unspecified atom stereocenters. The highest BCUT2D eigenvalue weighted by Gasteiger charge is 2.31. The first-order chi connectivity index (χ1) is 13.1. The normalized spacial score (nSPS) is 13.0. The van der Waals surface area contributed by atoms with Crippen LogP contribution in [0.25, 0.3) is 21.9 Å². The molecule has 4 rings (SSSR count). The summed E-state index contributed by atoms with van der Waals surface area (Å²) in [5.74, 6) is 1.98. The molecule has 0 aliphatic rings. The van der Waals surface area contributed by atoms with Crippen LogP contribution in [0.4, 0.5) is 0 Å². The van der Waals surface area contributed by atoms with E-state index in [4.69, 9.17) is 20.4 Å². The van der Waals surface area contributed by atoms with Gasteiger partial charge in [0.05, 0.1) is 15.8 Å². The van der Waals surface area contributed by atoms with Gasteiger partial charge in [0.15, 0.2) is 24.5 Å². The Bertz CT molecular complexity index is 1170. The van der Waals surface area contributed by atoms with Crippen LogP contribution in [0.5, 0.6) is 0 Å². The third-order valence-corrected chi connectivity index (χ3v) is 5.65. The molecular weight excluding hydrogens is 370 g/mol. The quantitative estimate of drug-likeness (QED) is 0.360. The molecule has 0 amide bonds. The molecule has 1 aromatic carbocycles. The second kappa shape index (κ2) is 6.38. The Kier molecular flexibility index (Phi) is 4.35. The van der Waals surface area contributed by atoms with Crippen molar-refractivity contribution in [1.29, 1.82) is 0 Å². The summed E-state index contributed by atoms with van der Waals surface area (Å²) < 4.78 is 14.5. The van der Waals surface area contributed by atoms with Crippen LogP contribution in [0.3, 0.4) is 0 Å². The highest BCUT2D eigenvalue weighted by molar-refractivity contribution is 6.34. The number of halogens is 1. The smallest absolute Gasteiger partial charge is 0.180 e. The van der Waals surface area contributed by atoms with Gasteiger partial charge in [-0.25, -0.2) is 4.57 Å². The van der Waals surface area contributed by atoms with Crippen molar-refractivity contribution in [3.05, 3.63) is 64.8 Å². The Morgan fingerprint density at radius 1 is 1.04 bits per heavy atom. The van der Waals surface area contributed by atoms with Gasteiger partial charge in [0.1, 0.15) is 17.1 Å². The van der Waals surface area contributed by atoms with Crippen LogP contribution < -0.4 is 4.57 Å². The van der Waals surface area contributed by atoms with Crippen LogP contribution in [0.1, 0.15) is 51.7 Å². The lowest BCUT2D eigenvalue weighted by atomic mass is 9.89. The number of nitrogens with zero attached hydrogens (tertiary/aromatic N) is 1. The Morgan fingerprint density at radius 2 is 1.79 bits per heavy atom. The van der Waals surface area contributed by atoms with Crippen LogP contribution in [0, 0.1) is 6.92 Å². The summed E-state index contributed by atoms with van der Waals surface area (Å²) in [5.41, 5.74) is 2.71. The van der Waals surface area contributed by atoms with Crippen molar-refractivity contribution >= 4 is 33.5 Å². The van der Waals surface area contributed by atoms with E-state index in [-0.39, 0.29) is 10.8 Å². The average Bonchev–Trinajstić information content (AvgIpc) is 3.18. The molecule has 146 valence electrons. The number of aromatic nitrogens is 1. The third kappa shape index (κ3) is 3.22. The zero-order valence-electron chi connectivity index (χ0n) is 17.4. The van der Waals surface area contributed by atoms with E-state index in [2.05, 4.69) is 70.6 Å². The van der Waals surface area contributed by atoms with E-state index in [0.717, 1.165) is 40.0 Å². The molecule has 3 heterocycles. The van der Waals surface area contributed by atoms with Gasteiger partial charge < -0.3 is 8.83 Å². The van der Waals surface area contributed by atoms with Gasteiger partial charge in [0.2, 0.25) is 0 Å². The molecule has 3 nitrogen and oxygen atoms in total. The number of rotatable bonds is 3. The first kappa shape index (κ1) is 19.1. The molecule has 4 heteroatoms. The maximum absolute atomic E-state index is 6.29. The molecule has 0 saturated carbocycles. The summed E-state index contributed by atoms with van der Waals surface area (Å²) in [6.07, 6.45) is 4.26. The van der Waals surface area contributed by atoms with Gasteiger partial charge >= 0.3 is 0 Å². The fraction of sp³-hybridized carbons (Fsp3) is 0.375. The number of pyridine rings is 1. The van der Waals surface area contributed by atoms with Gasteiger partial charge in [-0.3, -0.25) is 0 Å². The zero-order valence-corrected chi connectivity index (χ0v) is 18.1. The lowest BCUT2D eigenvalue weighted by molar-refractivity contribution is -0.703. The molecule has 0 bridgehead atoms. The van der Waals surface area contributed by atoms with E-state index >= 15 is 0 Å². The van der Waals surface area contributed by atoms with Crippen molar-refractivity contribution in [2.24, 2.45) is 0 Å². The van der Waals surface area contributed by atoms with Gasteiger partial charge in [-0.2, -0.15) is 0 Å². The van der Waals surface area contributed by atoms with Crippen LogP contribution in [0.2, 0.25) is 5.02 Å². The molecule has 0 atom stereocenters. The van der Waals surface area contributed by atoms with Gasteiger partial charge in [0.25, 0.3) is 0 Å². The summed E-state index contributed by atoms with van der Waals surface area (Å²) in [6.45, 7) is 13.9. The minimum absolute atomic E-state index is 0.0131. The van der Waals surface area contributed by atoms with E-state index in [9.17, 15) is 0 Å². The SMILES string of the molecule is Cc1c(C(C)(C)C)oc2cc[n+](CC(C)(C)c3cc4cccc(Cl)c4o3)cc12. The van der Waals surface area contributed by atoms with Crippen molar-refractivity contribution in [1.82, 2.24) is 0 Å². The fourth-order valence-electron chi connectivity index (χ4n) is 3.91. The molecule has 0 saturated heterocycles. The fourth-order valence-corrected chi connectivity index (χ4v) is 4.13. The Hall–Kier alpha value is -2.26. The molecule has 0 radical (unpaired) electrons. The molecule has 0 N–H and O–H groups in total. The number of fused-ring (bicyclic) bond motifs is 2. The maximum Gasteiger partial charge on any atom is 0.180 e. The summed E-state index contributed by atoms with van der Waals surface area (Å²) in [5, 5.41) is 2.85. The van der Waals surface area contributed by atoms with E-state index in [0.29, 0.717) is 5.02 Å². The minimum atomic E-state index is -0.189. The predicted molar refractivity (Wildman–Crippen MR) is 114 cm³/mol. The number of benzene rings is 1. The summed E-state index contributed by atoms with van der Waals surface area (Å²) >= 11 is 6.29. The first-order valence-corrected chi connectivity index (χ1v) is 10.1. The largest absolute Gasteiger partial charge is 0.460 e. The summed E-state index contributed by atoms with van der Waals surface area (Å²) in [4.78, 5) is 0. The highest BCUT2D eigenvalue weighted by Crippen LogP contribution is 2.35. The Labute approximate surface area is 170 Å². The van der Waals surface area contributed by atoms with Crippen molar-refractivity contribution < 1.29 is 13.4 Å². The lowest BCUT2D eigenvalue weighted by Crippen LogP contribution is -2.42. The van der Waals surface area contributed by atoms with Crippen molar-refractivity contribution in [2.45, 2.75) is 58.9 Å². The molecule has 28 heavy (non-hydrogen) atoms. The molecule has 3 aromatic heterocycles. The Balaban J connectivity index is 1.71. The first-order valence-electron chi connectivity index (χ1n) is 9.67. The summed E-state index contributed by atoms with van der Waals surface area (Å²) in [6, 6.07) is 10.0. The second-order valence-corrected chi connectivity index (χ2v) is 9.76. The van der Waals surface area contributed by atoms with Gasteiger partial charge in [-0.15, -0.1) is 0 Å². The Morgan fingerprint density at radius 3 is 2.46 bits per heavy atom. The maximum atomic E-state index is 6.29. The predicted octanol–water partition coefficient (Wildman–Crippen LogP) is 6.70. The van der Waals surface area contributed by atoms with Crippen LogP contribution >= 0.6 is 11.6 Å². The molecule has 0 aliphatic heterocycles. The van der Waals surface area contributed by atoms with Crippen LogP contribution in [-0.2, 0) is 17.4 Å². The van der Waals surface area contributed by atoms with Gasteiger partial charge in [-0.1, -0.05) is 44.5 Å². The van der Waals surface area contributed by atoms with Gasteiger partial charge in [-0.05, 0) is 32.9 Å². The molecule has 0 aliphatic carbocycles. The van der Waals surface area contributed by atoms with E-state index in [1.165, 1.54) is 5.56 Å². The molecule has 0 fully saturated rings. The van der Waals surface area contributed by atoms with Crippen LogP contribution in [0.15, 0.2) is 51.6 Å². The number of para-hydroxylation sites is 1. The van der Waals surface area contributed by atoms with Crippen molar-refractivity contribution in [3.63, 3.8) is 0 Å². The van der Waals surface area contributed by atoms with Crippen molar-refractivity contribution in [3.8, 4) is 0 Å². The lowest BCUT2D eigenvalue weighted by Gasteiger charge is -2.18. The number of aryl methyl sites for hydroxylation is 1. The standard InChI is InChI=1S/C24H27ClNO2/c1-15-17-13-26(11-10-19(17)27-22(15)23(2,3)4)14-24(5,6)20-12-16-8-7-9-18(25)21(16)28-20/h7-13H,14H2,1-6H3/q+1. The monoisotopic (exact) mass is 396 g/mol. The van der Waals surface area contributed by atoms with Crippen LogP contribution in [-0.4, -0.2) is 0 Å². The highest BCUT2D eigenvalue weighted by atomic mass is 35.5. The molecular formula is C24H27ClNO2+. The molecule has 0 spiro atoms. The third-order valence-electron chi connectivity index (χ3n) is 5.36. The van der Waals surface area contributed by atoms with E-state index in [1.807, 2.05) is 18.2 Å². The number of hydrogen-bond donors (Lipinski definition) is 0. The topological polar surface area (TPSA) is 30.2 Å².